The lowest BCUT2D eigenvalue weighted by Crippen LogP contribution is -2.65. The average Bonchev–Trinajstić information content (AvgIpc) is 3.39. The zero-order valence-corrected chi connectivity index (χ0v) is 20.7. The second kappa shape index (κ2) is 8.80. The molecule has 5 nitrogen and oxygen atoms in total. The predicted octanol–water partition coefficient (Wildman–Crippen LogP) is 5.51. The maximum Gasteiger partial charge on any atom is 0.271 e. The number of nitrogens with zero attached hydrogens (tertiary/aromatic N) is 2. The molecule has 3 aromatic rings. The number of rotatable bonds is 5. The Morgan fingerprint density at radius 2 is 1.91 bits per heavy atom. The van der Waals surface area contributed by atoms with Crippen molar-refractivity contribution >= 4 is 45.0 Å². The first-order valence-corrected chi connectivity index (χ1v) is 13.0. The molecule has 1 aliphatic carbocycles. The lowest BCUT2D eigenvalue weighted by atomic mass is 9.86. The number of nitrogens with one attached hydrogen (secondary N) is 1. The van der Waals surface area contributed by atoms with Crippen molar-refractivity contribution in [2.45, 2.75) is 64.1 Å². The van der Waals surface area contributed by atoms with Crippen LogP contribution in [0.1, 0.15) is 55.6 Å². The molecule has 1 fully saturated rings. The van der Waals surface area contributed by atoms with Gasteiger partial charge in [0.15, 0.2) is 0 Å². The van der Waals surface area contributed by atoms with Crippen molar-refractivity contribution in [2.24, 2.45) is 5.92 Å². The molecule has 2 amide bonds. The number of fused-ring (bicyclic) bond motifs is 3. The van der Waals surface area contributed by atoms with E-state index in [0.717, 1.165) is 47.4 Å². The minimum Gasteiger partial charge on any atom is -0.351 e. The minimum atomic E-state index is -0.951. The third-order valence-corrected chi connectivity index (χ3v) is 8.53. The highest BCUT2D eigenvalue weighted by Crippen LogP contribution is 2.35. The zero-order chi connectivity index (χ0) is 23.2. The molecule has 1 aliphatic heterocycles. The first-order chi connectivity index (χ1) is 15.8. The number of halogens is 1. The molecule has 1 N–H and O–H groups in total. The summed E-state index contributed by atoms with van der Waals surface area (Å²) in [6.07, 6.45) is 4.95. The monoisotopic (exact) mass is 483 g/mol. The number of hydrogen-bond acceptors (Lipinski definition) is 3. The first-order valence-electron chi connectivity index (χ1n) is 11.8. The van der Waals surface area contributed by atoms with Crippen molar-refractivity contribution in [3.8, 4) is 0 Å². The highest BCUT2D eigenvalue weighted by molar-refractivity contribution is 7.17. The van der Waals surface area contributed by atoms with E-state index in [9.17, 15) is 9.59 Å². The van der Waals surface area contributed by atoms with Crippen molar-refractivity contribution < 1.29 is 9.59 Å². The van der Waals surface area contributed by atoms with Crippen LogP contribution in [-0.4, -0.2) is 39.4 Å². The number of carbonyl (C=O) groups excluding carboxylic acids is 2. The minimum absolute atomic E-state index is 0.0470. The van der Waals surface area contributed by atoms with Gasteiger partial charge in [-0.1, -0.05) is 30.7 Å². The van der Waals surface area contributed by atoms with E-state index < -0.39 is 5.54 Å². The number of benzene rings is 1. The molecule has 7 heteroatoms. The van der Waals surface area contributed by atoms with E-state index in [4.69, 9.17) is 11.6 Å². The zero-order valence-electron chi connectivity index (χ0n) is 19.1. The summed E-state index contributed by atoms with van der Waals surface area (Å²) < 4.78 is 3.12. The molecule has 0 spiro atoms. The molecule has 0 radical (unpaired) electrons. The number of amides is 2. The highest BCUT2D eigenvalue weighted by Gasteiger charge is 2.48. The molecule has 2 aromatic heterocycles. The number of thiophene rings is 1. The first kappa shape index (κ1) is 22.5. The molecule has 33 heavy (non-hydrogen) atoms. The van der Waals surface area contributed by atoms with Gasteiger partial charge in [-0.3, -0.25) is 9.59 Å². The summed E-state index contributed by atoms with van der Waals surface area (Å²) in [7, 11) is 0. The fourth-order valence-electron chi connectivity index (χ4n) is 5.26. The van der Waals surface area contributed by atoms with Crippen LogP contribution in [0.3, 0.4) is 0 Å². The van der Waals surface area contributed by atoms with Gasteiger partial charge in [0, 0.05) is 17.6 Å². The van der Waals surface area contributed by atoms with E-state index in [1.807, 2.05) is 53.3 Å². The van der Waals surface area contributed by atoms with Gasteiger partial charge < -0.3 is 14.8 Å². The van der Waals surface area contributed by atoms with Crippen LogP contribution in [0.15, 0.2) is 41.8 Å². The highest BCUT2D eigenvalue weighted by atomic mass is 35.5. The Morgan fingerprint density at radius 1 is 1.18 bits per heavy atom. The van der Waals surface area contributed by atoms with Crippen molar-refractivity contribution in [3.63, 3.8) is 0 Å². The van der Waals surface area contributed by atoms with Crippen molar-refractivity contribution in [1.82, 2.24) is 14.8 Å². The molecule has 1 saturated carbocycles. The number of hydrogen-bond donors (Lipinski definition) is 1. The largest absolute Gasteiger partial charge is 0.351 e. The second-order valence-electron chi connectivity index (χ2n) is 9.82. The van der Waals surface area contributed by atoms with Crippen LogP contribution >= 0.6 is 22.9 Å². The molecule has 1 atom stereocenters. The average molecular weight is 484 g/mol. The van der Waals surface area contributed by atoms with Crippen molar-refractivity contribution in [3.05, 3.63) is 58.1 Å². The van der Waals surface area contributed by atoms with Gasteiger partial charge >= 0.3 is 0 Å². The van der Waals surface area contributed by atoms with Crippen LogP contribution < -0.4 is 5.32 Å². The quantitative estimate of drug-likeness (QED) is 0.520. The van der Waals surface area contributed by atoms with Gasteiger partial charge in [0.05, 0.1) is 16.8 Å². The van der Waals surface area contributed by atoms with E-state index in [1.54, 1.807) is 16.2 Å². The Kier molecular flexibility index (Phi) is 6.00. The third-order valence-electron chi connectivity index (χ3n) is 7.43. The maximum absolute atomic E-state index is 13.8. The summed E-state index contributed by atoms with van der Waals surface area (Å²) in [6.45, 7) is 5.14. The smallest absolute Gasteiger partial charge is 0.271 e. The lowest BCUT2D eigenvalue weighted by molar-refractivity contribution is -0.133. The van der Waals surface area contributed by atoms with Gasteiger partial charge in [0.25, 0.3) is 5.91 Å². The Balaban J connectivity index is 1.44. The van der Waals surface area contributed by atoms with Crippen LogP contribution in [0.4, 0.5) is 0 Å². The van der Waals surface area contributed by atoms with E-state index in [-0.39, 0.29) is 17.9 Å². The van der Waals surface area contributed by atoms with Crippen LogP contribution in [0, 0.1) is 5.92 Å². The summed E-state index contributed by atoms with van der Waals surface area (Å²) in [5.41, 5.74) is 1.85. The maximum atomic E-state index is 13.8. The molecule has 5 rings (SSSR count). The molecule has 174 valence electrons. The normalized spacial score (nSPS) is 25.3. The summed E-state index contributed by atoms with van der Waals surface area (Å²) in [5, 5.41) is 6.04. The van der Waals surface area contributed by atoms with Crippen molar-refractivity contribution in [1.29, 1.82) is 0 Å². The lowest BCUT2D eigenvalue weighted by Gasteiger charge is -2.45. The van der Waals surface area contributed by atoms with Gasteiger partial charge in [0.1, 0.15) is 11.2 Å². The van der Waals surface area contributed by atoms with E-state index in [0.29, 0.717) is 30.2 Å². The molecule has 0 bridgehead atoms. The van der Waals surface area contributed by atoms with Crippen LogP contribution in [0.2, 0.25) is 5.02 Å². The van der Waals surface area contributed by atoms with Gasteiger partial charge in [-0.15, -0.1) is 11.3 Å². The molecule has 1 aromatic carbocycles. The molecule has 3 heterocycles. The number of aromatic nitrogens is 1. The third kappa shape index (κ3) is 4.19. The summed E-state index contributed by atoms with van der Waals surface area (Å²) >= 11 is 7.67. The summed E-state index contributed by atoms with van der Waals surface area (Å²) in [6, 6.07) is 11.9. The summed E-state index contributed by atoms with van der Waals surface area (Å²) in [5.74, 6) is 0.595. The van der Waals surface area contributed by atoms with Gasteiger partial charge in [-0.05, 0) is 80.2 Å². The van der Waals surface area contributed by atoms with Gasteiger partial charge in [-0.25, -0.2) is 0 Å². The van der Waals surface area contributed by atoms with Crippen LogP contribution in [-0.2, 0) is 17.8 Å². The Hall–Kier alpha value is -2.31. The Labute approximate surface area is 203 Å². The Morgan fingerprint density at radius 3 is 2.64 bits per heavy atom. The van der Waals surface area contributed by atoms with E-state index in [2.05, 4.69) is 12.2 Å². The molecule has 2 aliphatic rings. The number of carbonyl (C=O) groups is 2. The molecule has 0 unspecified atom stereocenters. The molecule has 0 saturated heterocycles. The second-order valence-corrected chi connectivity index (χ2v) is 11.2. The van der Waals surface area contributed by atoms with Crippen molar-refractivity contribution in [2.75, 3.05) is 6.54 Å². The fourth-order valence-corrected chi connectivity index (χ4v) is 6.21. The van der Waals surface area contributed by atoms with Crippen LogP contribution in [0.5, 0.6) is 0 Å². The van der Waals surface area contributed by atoms with E-state index >= 15 is 0 Å². The van der Waals surface area contributed by atoms with E-state index in [1.165, 1.54) is 0 Å². The Bertz CT molecular complexity index is 1180. The molecular weight excluding hydrogens is 454 g/mol. The van der Waals surface area contributed by atoms with Gasteiger partial charge in [-0.2, -0.15) is 0 Å². The SMILES string of the molecule is CC1CCC(NC(=O)[C@@]2(C)Cn3c(cc4sccc43)C(=O)N2CCc2ccc(Cl)cc2)CC1. The summed E-state index contributed by atoms with van der Waals surface area (Å²) in [4.78, 5) is 29.3. The van der Waals surface area contributed by atoms with Gasteiger partial charge in [0.2, 0.25) is 5.91 Å². The molecular formula is C26H30ClN3O2S. The predicted molar refractivity (Wildman–Crippen MR) is 134 cm³/mol. The standard InChI is InChI=1S/C26H30ClN3O2S/c1-17-3-9-20(10-4-17)28-25(32)26(2)16-29-21-12-14-33-23(21)15-22(29)24(31)30(26)13-11-18-5-7-19(27)8-6-18/h5-8,12,14-15,17,20H,3-4,9-11,13,16H2,1-2H3,(H,28,32)/t17?,20?,26-/m1/s1. The van der Waals surface area contributed by atoms with Crippen LogP contribution in [0.25, 0.3) is 10.2 Å². The fraction of sp³-hybridized carbons (Fsp3) is 0.462. The topological polar surface area (TPSA) is 54.3 Å².